The van der Waals surface area contributed by atoms with E-state index in [0.29, 0.717) is 152 Å². The number of piperazine rings is 4. The van der Waals surface area contributed by atoms with Gasteiger partial charge in [-0.05, 0) is 169 Å². The minimum atomic E-state index is -3.22. The number of rotatable bonds is 12. The van der Waals surface area contributed by atoms with Gasteiger partial charge in [0.1, 0.15) is 6.33 Å². The summed E-state index contributed by atoms with van der Waals surface area (Å²) in [5.74, 6) is 14.6. The topological polar surface area (TPSA) is 460 Å². The van der Waals surface area contributed by atoms with Gasteiger partial charge in [-0.2, -0.15) is 0 Å². The molecule has 14 N–H and O–H groups in total. The first-order valence-electron chi connectivity index (χ1n) is 40.4. The van der Waals surface area contributed by atoms with Crippen LogP contribution >= 0.6 is 213 Å². The van der Waals surface area contributed by atoms with E-state index >= 15 is 0 Å². The molecular formula is C80H97Cl18N26O10P. The van der Waals surface area contributed by atoms with Gasteiger partial charge in [-0.1, -0.05) is 174 Å². The molecular weight excluding hydrogens is 2150 g/mol. The van der Waals surface area contributed by atoms with Crippen LogP contribution in [0, 0.1) is 0 Å². The minimum Gasteiger partial charge on any atom is -0.458 e. The molecule has 0 unspecified atom stereocenters. The quantitative estimate of drug-likeness (QED) is 0.0104. The largest absolute Gasteiger partial charge is 0.458 e. The van der Waals surface area contributed by atoms with Crippen molar-refractivity contribution in [3.63, 3.8) is 0 Å². The second kappa shape index (κ2) is 58.9. The van der Waals surface area contributed by atoms with Crippen LogP contribution in [-0.4, -0.2) is 263 Å². The second-order valence-electron chi connectivity index (χ2n) is 28.2. The Bertz CT molecular complexity index is 5850. The van der Waals surface area contributed by atoms with E-state index in [2.05, 4.69) is 178 Å². The first kappa shape index (κ1) is 118. The molecule has 0 aliphatic carbocycles. The Morgan fingerprint density at radius 2 is 0.704 bits per heavy atom. The van der Waals surface area contributed by atoms with Crippen LogP contribution in [0.5, 0.6) is 0 Å². The zero-order chi connectivity index (χ0) is 100. The number of aromatic amines is 2. The van der Waals surface area contributed by atoms with E-state index in [-0.39, 0.29) is 23.5 Å². The number of nitrogens with one attached hydrogen (secondary N) is 4. The van der Waals surface area contributed by atoms with Crippen LogP contribution in [0.4, 0.5) is 34.6 Å². The fourth-order valence-electron chi connectivity index (χ4n) is 11.8. The number of nitrogen functional groups attached to an aromatic ring is 3. The number of nitrogens with two attached hydrogens (primary N) is 5. The molecule has 16 rings (SSSR count). The zero-order valence-electron chi connectivity index (χ0n) is 73.8. The molecule has 55 heteroatoms. The first-order chi connectivity index (χ1) is 64.0. The van der Waals surface area contributed by atoms with E-state index in [1.807, 2.05) is 25.2 Å². The highest BCUT2D eigenvalue weighted by Crippen LogP contribution is 2.61. The maximum atomic E-state index is 11.0. The summed E-state index contributed by atoms with van der Waals surface area (Å²) >= 11 is 102. The molecule has 738 valence electrons. The van der Waals surface area contributed by atoms with Crippen molar-refractivity contribution >= 4 is 320 Å². The Morgan fingerprint density at radius 1 is 0.407 bits per heavy atom. The second-order valence-corrected chi connectivity index (χ2v) is 40.8. The molecule has 36 nitrogen and oxygen atoms in total. The Kier molecular flexibility index (Phi) is 51.3. The number of anilines is 6. The van der Waals surface area contributed by atoms with Crippen molar-refractivity contribution < 1.29 is 37.8 Å². The highest BCUT2D eigenvalue weighted by atomic mass is 36.0. The Labute approximate surface area is 866 Å². The number of benzene rings is 6. The maximum Gasteiger partial charge on any atom is 0.417 e. The lowest BCUT2D eigenvalue weighted by Crippen LogP contribution is -2.45. The van der Waals surface area contributed by atoms with Crippen molar-refractivity contribution in [2.45, 2.75) is 41.1 Å². The molecule has 135 heavy (non-hydrogen) atoms. The number of aromatic nitrogens is 12. The van der Waals surface area contributed by atoms with Gasteiger partial charge in [-0.15, -0.1) is 10.2 Å². The molecule has 0 amide bonds. The van der Waals surface area contributed by atoms with Gasteiger partial charge in [0.15, 0.2) is 38.7 Å². The molecule has 4 saturated heterocycles. The van der Waals surface area contributed by atoms with E-state index in [9.17, 15) is 23.7 Å². The summed E-state index contributed by atoms with van der Waals surface area (Å²) in [6.07, 6.45) is 1.68. The number of carbonyl (C=O) groups excluding carboxylic acids is 2. The Morgan fingerprint density at radius 3 is 1.05 bits per heavy atom. The molecule has 4 fully saturated rings. The van der Waals surface area contributed by atoms with Crippen molar-refractivity contribution in [1.82, 2.24) is 84.4 Å². The molecule has 0 radical (unpaired) electrons. The number of nitrogens with zero attached hydrogens (tertiary/aromatic N) is 17. The monoisotopic (exact) mass is 2240 g/mol. The summed E-state index contributed by atoms with van der Waals surface area (Å²) in [5, 5.41) is 14.2. The van der Waals surface area contributed by atoms with Gasteiger partial charge in [0, 0.05) is 125 Å². The van der Waals surface area contributed by atoms with Gasteiger partial charge in [0.05, 0.1) is 140 Å². The number of esters is 2. The number of H-pyrrole nitrogens is 2. The first-order valence-corrected chi connectivity index (χ1v) is 50.5. The lowest BCUT2D eigenvalue weighted by atomic mass is 10.2. The van der Waals surface area contributed by atoms with E-state index in [1.54, 1.807) is 68.7 Å². The summed E-state index contributed by atoms with van der Waals surface area (Å²) in [5.41, 5.74) is 20.1. The van der Waals surface area contributed by atoms with Gasteiger partial charge < -0.3 is 90.2 Å². The summed E-state index contributed by atoms with van der Waals surface area (Å²) in [6, 6.07) is 19.6. The number of likely N-dealkylation sites (N-methyl/N-ethyl adjacent to an activating group) is 4. The SMILES string of the molecule is CCOC(=O)C(=O)OCC.CCOC(OCC)OCC.CN1CCN(c2nc3cc(Cl)c(Cl)cc3n3cnnc23)CC1.CN1CCN(c2nc3cc(Cl)c(Cl)cc3nc2Cl)CC1.CN1CCN(c2nc3cc(Cl)c(Cl)cc3nc2NN)CC1.CN1CCNCC1.Clc1cc2nc(Cl)c(Cl)nc2cc1Cl.NN.Nc1cc(Cl)c(Cl)cc1N.O=P(Cl)(Cl)Cl.O=c1[nH]c2cc(Cl)c(Cl)cc2[nH]c1=O. The number of hydrogen-bond donors (Lipinski definition) is 9. The van der Waals surface area contributed by atoms with Crippen LogP contribution in [0.15, 0.2) is 88.7 Å². The number of halogens is 18. The zero-order valence-corrected chi connectivity index (χ0v) is 88.3. The van der Waals surface area contributed by atoms with E-state index in [0.717, 1.165) is 120 Å². The Hall–Kier alpha value is -6.16. The van der Waals surface area contributed by atoms with Crippen molar-refractivity contribution in [2.24, 2.45) is 17.5 Å². The van der Waals surface area contributed by atoms with Gasteiger partial charge in [0.2, 0.25) is 5.65 Å². The fourth-order valence-corrected chi connectivity index (χ4v) is 14.2. The summed E-state index contributed by atoms with van der Waals surface area (Å²) in [4.78, 5) is 94.2. The third-order valence-corrected chi connectivity index (χ3v) is 23.8. The molecule has 10 heterocycles. The number of carbonyl (C=O) groups is 2. The number of ether oxygens (including phenoxy) is 5. The molecule has 0 bridgehead atoms. The van der Waals surface area contributed by atoms with Crippen LogP contribution < -0.4 is 65.6 Å². The molecule has 4 aliphatic rings. The Balaban J connectivity index is 0.000000236. The minimum absolute atomic E-state index is 0.151. The van der Waals surface area contributed by atoms with Gasteiger partial charge in [0.25, 0.3) is 6.48 Å². The normalized spacial score (nSPS) is 14.0. The standard InChI is InChI=1S/C14H14Cl2N6.C13H13Cl3N4.C13H16Cl2N6.C8H2Cl4N2.C8H4Cl2N2O2.C7H16O3.C6H6Cl2N2.C6H10O4.C5H12N2.Cl3OP.H4N2/c1-20-2-4-21(5-3-20)13-14-19-17-8-22(14)12-7-10(16)9(15)6-11(12)18-13;1-19-2-4-20(5-3-19)13-12(16)17-10-6-8(14)9(15)7-11(10)18-13;1-20-2-4-21(5-3-20)13-12(19-16)17-10-6-8(14)9(15)7-11(10)18-13;9-3-1-5-6(2-4(3)10)14-8(12)7(11)13-5;9-3-1-5-6(2-4(3)10)12-8(14)7(13)11-5;1-4-8-7(9-5-2)10-6-3;7-3-1-5(9)6(10)2-4(3)8;1-3-9-5(7)6(8)10-4-2;1-7-4-2-6-3-5-7;1-5(2,3)4;1-2/h6-8H,2-5H2,1H3;6-7H,2-5H2,1H3;6-7H,2-5,16H2,1H3,(H,17,19);1-2H;1-2H,(H,11,13)(H,12,14);7H,4-6H2,1-3H3;1-2H,9-10H2;3-4H2,1-2H3;6H,2-5H2,1H3;;1-2H2. The van der Waals surface area contributed by atoms with Crippen LogP contribution in [0.1, 0.15) is 34.6 Å². The van der Waals surface area contributed by atoms with Gasteiger partial charge in [-0.3, -0.25) is 30.2 Å². The highest BCUT2D eigenvalue weighted by molar-refractivity contribution is 8.24. The molecule has 0 spiro atoms. The molecule has 6 aromatic carbocycles. The van der Waals surface area contributed by atoms with Crippen LogP contribution in [-0.2, 0) is 37.8 Å². The van der Waals surface area contributed by atoms with Crippen molar-refractivity contribution in [3.8, 4) is 0 Å². The van der Waals surface area contributed by atoms with Crippen molar-refractivity contribution in [3.05, 3.63) is 176 Å². The summed E-state index contributed by atoms with van der Waals surface area (Å²) in [7, 11) is 8.49. The fraction of sp³-hybridized carbons (Fsp3) is 0.388. The van der Waals surface area contributed by atoms with Crippen molar-refractivity contribution in [2.75, 3.05) is 198 Å². The highest BCUT2D eigenvalue weighted by Gasteiger charge is 2.25. The van der Waals surface area contributed by atoms with E-state index in [4.69, 9.17) is 211 Å². The maximum absolute atomic E-state index is 11.0. The van der Waals surface area contributed by atoms with Crippen LogP contribution in [0.2, 0.25) is 75.7 Å². The molecule has 0 saturated carbocycles. The third-order valence-electron chi connectivity index (χ3n) is 18.6. The average Bonchev–Trinajstić information content (AvgIpc) is 1.68. The van der Waals surface area contributed by atoms with Crippen molar-refractivity contribution in [1.29, 1.82) is 0 Å². The van der Waals surface area contributed by atoms with Crippen LogP contribution in [0.3, 0.4) is 0 Å². The molecule has 0 atom stereocenters. The number of hydrogen-bond acceptors (Lipinski definition) is 33. The summed E-state index contributed by atoms with van der Waals surface area (Å²) in [6.45, 7) is 26.8. The predicted molar refractivity (Wildman–Crippen MR) is 555 cm³/mol. The lowest BCUT2D eigenvalue weighted by molar-refractivity contribution is -0.282. The smallest absolute Gasteiger partial charge is 0.417 e. The lowest BCUT2D eigenvalue weighted by Gasteiger charge is -2.33. The van der Waals surface area contributed by atoms with E-state index < -0.39 is 34.7 Å². The molecule has 6 aromatic heterocycles. The predicted octanol–water partition coefficient (Wildman–Crippen LogP) is 18.2. The number of fused-ring (bicyclic) bond motifs is 7. The van der Waals surface area contributed by atoms with Gasteiger partial charge in [-0.25, -0.2) is 50.3 Å². The van der Waals surface area contributed by atoms with E-state index in [1.165, 1.54) is 37.4 Å². The third kappa shape index (κ3) is 38.0. The molecule has 4 aliphatic heterocycles. The summed E-state index contributed by atoms with van der Waals surface area (Å²) < 4.78 is 35.3. The average molecular weight is 2250 g/mol. The molecule has 12 aromatic rings. The van der Waals surface area contributed by atoms with Crippen LogP contribution in [0.25, 0.3) is 60.8 Å². The number of hydrazine groups is 2. The van der Waals surface area contributed by atoms with Gasteiger partial charge >= 0.3 is 28.3 Å².